The topological polar surface area (TPSA) is 151 Å². The molecule has 2 aliphatic heterocycles. The highest BCUT2D eigenvalue weighted by molar-refractivity contribution is 7.48. The molecule has 11 nitrogen and oxygen atoms in total. The molecule has 0 saturated carbocycles. The van der Waals surface area contributed by atoms with E-state index in [0.29, 0.717) is 17.5 Å². The minimum atomic E-state index is -4.12. The average molecular weight is 553 g/mol. The van der Waals surface area contributed by atoms with Crippen LogP contribution < -0.4 is 5.73 Å². The molecule has 4 aromatic rings. The quantitative estimate of drug-likeness (QED) is 0.299. The van der Waals surface area contributed by atoms with Crippen LogP contribution in [0.25, 0.3) is 11.0 Å². The SMILES string of the molecule is C[C@@]1(O)[C@H](O)[C@@H](COP2(=O)O[C@H](c3ccccc3)C[C@H](c3ccccc3)O2)O[C@H]1n1ccc2c(N)ncnc21. The zero-order valence-corrected chi connectivity index (χ0v) is 22.0. The Balaban J connectivity index is 1.23. The molecule has 39 heavy (non-hydrogen) atoms. The van der Waals surface area contributed by atoms with Crippen LogP contribution >= 0.6 is 7.82 Å². The average Bonchev–Trinajstić information content (AvgIpc) is 3.47. The predicted molar refractivity (Wildman–Crippen MR) is 141 cm³/mol. The number of anilines is 1. The second-order valence-corrected chi connectivity index (χ2v) is 11.5. The molecule has 2 fully saturated rings. The monoisotopic (exact) mass is 552 g/mol. The van der Waals surface area contributed by atoms with Crippen molar-refractivity contribution in [2.24, 2.45) is 0 Å². The summed E-state index contributed by atoms with van der Waals surface area (Å²) in [7, 11) is -4.12. The van der Waals surface area contributed by atoms with Crippen LogP contribution in [0.15, 0.2) is 79.3 Å². The van der Waals surface area contributed by atoms with Gasteiger partial charge in [0, 0.05) is 12.6 Å². The summed E-state index contributed by atoms with van der Waals surface area (Å²) < 4.78 is 39.0. The van der Waals surface area contributed by atoms with E-state index >= 15 is 0 Å². The van der Waals surface area contributed by atoms with Crippen LogP contribution in [0.2, 0.25) is 0 Å². The van der Waals surface area contributed by atoms with Crippen molar-refractivity contribution in [2.45, 2.75) is 49.6 Å². The van der Waals surface area contributed by atoms with Gasteiger partial charge in [-0.15, -0.1) is 0 Å². The number of nitrogen functional groups attached to an aromatic ring is 1. The first-order valence-electron chi connectivity index (χ1n) is 12.6. The number of rotatable bonds is 6. The van der Waals surface area contributed by atoms with E-state index in [9.17, 15) is 14.8 Å². The Bertz CT molecular complexity index is 1450. The van der Waals surface area contributed by atoms with E-state index in [1.807, 2.05) is 60.7 Å². The van der Waals surface area contributed by atoms with E-state index in [-0.39, 0.29) is 12.4 Å². The summed E-state index contributed by atoms with van der Waals surface area (Å²) in [6.45, 7) is 1.09. The fourth-order valence-electron chi connectivity index (χ4n) is 5.13. The van der Waals surface area contributed by atoms with Crippen LogP contribution in [0.4, 0.5) is 5.82 Å². The number of hydrogen-bond acceptors (Lipinski definition) is 10. The maximum absolute atomic E-state index is 13.8. The number of benzene rings is 2. The molecule has 12 heteroatoms. The highest BCUT2D eigenvalue weighted by Gasteiger charge is 2.54. The van der Waals surface area contributed by atoms with Gasteiger partial charge in [0.25, 0.3) is 0 Å². The molecule has 7 atom stereocenters. The first-order valence-corrected chi connectivity index (χ1v) is 14.1. The lowest BCUT2D eigenvalue weighted by Gasteiger charge is -2.35. The van der Waals surface area contributed by atoms with E-state index in [0.717, 1.165) is 11.1 Å². The van der Waals surface area contributed by atoms with Gasteiger partial charge >= 0.3 is 7.82 Å². The molecule has 2 saturated heterocycles. The van der Waals surface area contributed by atoms with Gasteiger partial charge in [0.2, 0.25) is 0 Å². The van der Waals surface area contributed by atoms with Crippen LogP contribution in [0, 0.1) is 0 Å². The molecule has 2 aliphatic rings. The molecule has 2 aromatic heterocycles. The molecule has 6 rings (SSSR count). The number of nitrogens with zero attached hydrogens (tertiary/aromatic N) is 3. The number of ether oxygens (including phenoxy) is 1. The summed E-state index contributed by atoms with van der Waals surface area (Å²) >= 11 is 0. The molecule has 0 radical (unpaired) electrons. The zero-order valence-electron chi connectivity index (χ0n) is 21.1. The Morgan fingerprint density at radius 1 is 1.05 bits per heavy atom. The predicted octanol–water partition coefficient (Wildman–Crippen LogP) is 4.07. The number of phosphoric ester groups is 1. The summed E-state index contributed by atoms with van der Waals surface area (Å²) in [4.78, 5) is 8.23. The fourth-order valence-corrected chi connectivity index (χ4v) is 6.67. The smallest absolute Gasteiger partial charge is 0.387 e. The van der Waals surface area contributed by atoms with Gasteiger partial charge in [0.15, 0.2) is 6.23 Å². The van der Waals surface area contributed by atoms with Gasteiger partial charge in [0.05, 0.1) is 24.2 Å². The van der Waals surface area contributed by atoms with E-state index in [4.69, 9.17) is 24.0 Å². The van der Waals surface area contributed by atoms with Crippen molar-refractivity contribution >= 4 is 24.7 Å². The number of phosphoric acid groups is 1. The fraction of sp³-hybridized carbons (Fsp3) is 0.333. The summed E-state index contributed by atoms with van der Waals surface area (Å²) in [6, 6.07) is 20.6. The third kappa shape index (κ3) is 4.87. The molecule has 0 bridgehead atoms. The molecular formula is C27H29N4O7P. The molecule has 4 heterocycles. The van der Waals surface area contributed by atoms with E-state index < -0.39 is 44.1 Å². The van der Waals surface area contributed by atoms with Crippen LogP contribution in [-0.4, -0.2) is 49.2 Å². The number of nitrogens with two attached hydrogens (primary N) is 1. The second kappa shape index (κ2) is 10.1. The van der Waals surface area contributed by atoms with Crippen molar-refractivity contribution in [3.8, 4) is 0 Å². The summed E-state index contributed by atoms with van der Waals surface area (Å²) in [6.07, 6.45) is -1.16. The van der Waals surface area contributed by atoms with Crippen LogP contribution in [-0.2, 0) is 22.9 Å². The van der Waals surface area contributed by atoms with Crippen molar-refractivity contribution in [2.75, 3.05) is 12.3 Å². The van der Waals surface area contributed by atoms with Crippen LogP contribution in [0.3, 0.4) is 0 Å². The summed E-state index contributed by atoms with van der Waals surface area (Å²) in [5, 5.41) is 22.8. The van der Waals surface area contributed by atoms with Gasteiger partial charge in [-0.3, -0.25) is 13.6 Å². The second-order valence-electron chi connectivity index (χ2n) is 9.90. The highest BCUT2D eigenvalue weighted by atomic mass is 31.2. The van der Waals surface area contributed by atoms with Crippen molar-refractivity contribution in [1.29, 1.82) is 0 Å². The maximum Gasteiger partial charge on any atom is 0.476 e. The minimum absolute atomic E-state index is 0.280. The lowest BCUT2D eigenvalue weighted by atomic mass is 9.96. The number of fused-ring (bicyclic) bond motifs is 1. The molecule has 204 valence electrons. The van der Waals surface area contributed by atoms with Crippen molar-refractivity contribution in [3.63, 3.8) is 0 Å². The first-order chi connectivity index (χ1) is 18.7. The van der Waals surface area contributed by atoms with Crippen molar-refractivity contribution in [1.82, 2.24) is 14.5 Å². The molecule has 0 amide bonds. The first kappa shape index (κ1) is 26.1. The number of aliphatic hydroxyl groups is 2. The van der Waals surface area contributed by atoms with E-state index in [2.05, 4.69) is 9.97 Å². The Kier molecular flexibility index (Phi) is 6.76. The molecule has 0 spiro atoms. The lowest BCUT2D eigenvalue weighted by molar-refractivity contribution is -0.0954. The molecule has 4 N–H and O–H groups in total. The molecule has 0 aliphatic carbocycles. The Hall–Kier alpha value is -3.15. The van der Waals surface area contributed by atoms with Crippen LogP contribution in [0.1, 0.15) is 42.9 Å². The van der Waals surface area contributed by atoms with Gasteiger partial charge in [-0.05, 0) is 24.1 Å². The van der Waals surface area contributed by atoms with Crippen molar-refractivity contribution in [3.05, 3.63) is 90.4 Å². The molecular weight excluding hydrogens is 523 g/mol. The Morgan fingerprint density at radius 2 is 1.67 bits per heavy atom. The third-order valence-corrected chi connectivity index (χ3v) is 8.72. The van der Waals surface area contributed by atoms with E-state index in [1.54, 1.807) is 16.8 Å². The third-order valence-electron chi connectivity index (χ3n) is 7.23. The number of aromatic nitrogens is 3. The zero-order chi connectivity index (χ0) is 27.2. The normalized spacial score (nSPS) is 32.9. The summed E-state index contributed by atoms with van der Waals surface area (Å²) in [5.74, 6) is 0.280. The summed E-state index contributed by atoms with van der Waals surface area (Å²) in [5.41, 5.74) is 6.32. The standard InChI is InChI=1S/C27H29N4O7P/c1-27(33)23(32)22(36-26(27)31-13-12-19-24(28)29-16-30-25(19)31)15-35-39(34)37-20(17-8-4-2-5-9-17)14-21(38-39)18-10-6-3-7-11-18/h2-13,16,20-23,26,32-33H,14-15H2,1H3,(H2,28,29,30)/t20-,21+,22-,23-,26-,27-,39?/m1/s1. The molecule has 1 unspecified atom stereocenters. The van der Waals surface area contributed by atoms with Crippen molar-refractivity contribution < 1.29 is 33.1 Å². The number of hydrogen-bond donors (Lipinski definition) is 3. The van der Waals surface area contributed by atoms with Gasteiger partial charge in [-0.2, -0.15) is 0 Å². The lowest BCUT2D eigenvalue weighted by Crippen LogP contribution is -2.44. The largest absolute Gasteiger partial charge is 0.476 e. The van der Waals surface area contributed by atoms with E-state index in [1.165, 1.54) is 13.3 Å². The number of aliphatic hydroxyl groups excluding tert-OH is 1. The van der Waals surface area contributed by atoms with Gasteiger partial charge < -0.3 is 25.3 Å². The van der Waals surface area contributed by atoms with Gasteiger partial charge in [-0.25, -0.2) is 14.5 Å². The Labute approximate surface area is 224 Å². The van der Waals surface area contributed by atoms with Gasteiger partial charge in [-0.1, -0.05) is 60.7 Å². The highest BCUT2D eigenvalue weighted by Crippen LogP contribution is 2.62. The maximum atomic E-state index is 13.8. The van der Waals surface area contributed by atoms with Crippen LogP contribution in [0.5, 0.6) is 0 Å². The minimum Gasteiger partial charge on any atom is -0.387 e. The molecule has 2 aromatic carbocycles. The van der Waals surface area contributed by atoms with Gasteiger partial charge in [0.1, 0.15) is 35.6 Å². The Morgan fingerprint density at radius 3 is 2.28 bits per heavy atom.